The summed E-state index contributed by atoms with van der Waals surface area (Å²) in [5.74, 6) is 1.02. The van der Waals surface area contributed by atoms with Crippen LogP contribution in [-0.2, 0) is 23.4 Å². The van der Waals surface area contributed by atoms with Crippen LogP contribution < -0.4 is 0 Å². The molecule has 4 aliphatic carbocycles. The lowest BCUT2D eigenvalue weighted by Crippen LogP contribution is -2.57. The summed E-state index contributed by atoms with van der Waals surface area (Å²) in [6.07, 6.45) is 10.1. The lowest BCUT2D eigenvalue weighted by Gasteiger charge is -2.61. The minimum atomic E-state index is -0.444. The normalized spacial score (nSPS) is 30.1. The second-order valence-electron chi connectivity index (χ2n) is 10.4. The van der Waals surface area contributed by atoms with Gasteiger partial charge >= 0.3 is 5.82 Å². The van der Waals surface area contributed by atoms with Crippen LogP contribution in [0.5, 0.6) is 0 Å². The smallest absolute Gasteiger partial charge is 0.358 e. The van der Waals surface area contributed by atoms with Crippen LogP contribution in [-0.4, -0.2) is 42.3 Å². The minimum absolute atomic E-state index is 0.0881. The van der Waals surface area contributed by atoms with Crippen LogP contribution in [0.2, 0.25) is 5.02 Å². The van der Waals surface area contributed by atoms with Crippen LogP contribution in [0.25, 0.3) is 0 Å². The van der Waals surface area contributed by atoms with Crippen LogP contribution >= 0.6 is 27.5 Å². The molecule has 178 valence electrons. The average Bonchev–Trinajstić information content (AvgIpc) is 3.29. The van der Waals surface area contributed by atoms with Gasteiger partial charge in [0.15, 0.2) is 0 Å². The predicted molar refractivity (Wildman–Crippen MR) is 126 cm³/mol. The van der Waals surface area contributed by atoms with E-state index in [1.54, 1.807) is 22.0 Å². The molecule has 6 rings (SSSR count). The number of rotatable bonds is 7. The zero-order chi connectivity index (χ0) is 23.5. The molecule has 0 radical (unpaired) electrons. The molecule has 9 nitrogen and oxygen atoms in total. The van der Waals surface area contributed by atoms with Gasteiger partial charge in [-0.2, -0.15) is 9.78 Å². The van der Waals surface area contributed by atoms with Gasteiger partial charge in [-0.3, -0.25) is 9.48 Å². The maximum atomic E-state index is 13.3. The average molecular weight is 540 g/mol. The van der Waals surface area contributed by atoms with E-state index in [1.807, 2.05) is 18.7 Å². The number of nitro groups is 1. The van der Waals surface area contributed by atoms with Gasteiger partial charge in [-0.1, -0.05) is 11.6 Å². The second-order valence-corrected chi connectivity index (χ2v) is 11.7. The lowest BCUT2D eigenvalue weighted by molar-refractivity contribution is -0.390. The van der Waals surface area contributed by atoms with E-state index in [0.29, 0.717) is 40.0 Å². The Labute approximate surface area is 205 Å². The monoisotopic (exact) mass is 538 g/mol. The van der Waals surface area contributed by atoms with E-state index in [1.165, 1.54) is 6.42 Å². The highest BCUT2D eigenvalue weighted by Gasteiger charge is 2.60. The summed E-state index contributed by atoms with van der Waals surface area (Å²) in [5.41, 5.74) is 0.378. The van der Waals surface area contributed by atoms with E-state index in [9.17, 15) is 14.9 Å². The van der Waals surface area contributed by atoms with Crippen molar-refractivity contribution >= 4 is 39.3 Å². The fourth-order valence-electron chi connectivity index (χ4n) is 7.06. The maximum absolute atomic E-state index is 13.3. The molecule has 0 saturated heterocycles. The first kappa shape index (κ1) is 22.8. The number of carbonyl (C=O) groups excluding carboxylic acids is 1. The molecule has 33 heavy (non-hydrogen) atoms. The van der Waals surface area contributed by atoms with E-state index in [0.717, 1.165) is 38.6 Å². The summed E-state index contributed by atoms with van der Waals surface area (Å²) in [5, 5.41) is 20.8. The molecule has 4 fully saturated rings. The molecule has 2 aromatic rings. The zero-order valence-electron chi connectivity index (χ0n) is 18.8. The van der Waals surface area contributed by atoms with Crippen molar-refractivity contribution in [2.24, 2.45) is 17.3 Å². The maximum Gasteiger partial charge on any atom is 0.404 e. The molecular weight excluding hydrogens is 512 g/mol. The van der Waals surface area contributed by atoms with Gasteiger partial charge in [0, 0.05) is 26.2 Å². The summed E-state index contributed by atoms with van der Waals surface area (Å²) in [6, 6.07) is 0. The van der Waals surface area contributed by atoms with E-state index >= 15 is 0 Å². The van der Waals surface area contributed by atoms with Gasteiger partial charge in [0.25, 0.3) is 0 Å². The van der Waals surface area contributed by atoms with Crippen molar-refractivity contribution in [1.29, 1.82) is 0 Å². The van der Waals surface area contributed by atoms with Gasteiger partial charge in [-0.25, -0.2) is 0 Å². The van der Waals surface area contributed by atoms with Gasteiger partial charge in [0.2, 0.25) is 5.91 Å². The zero-order valence-corrected chi connectivity index (χ0v) is 21.2. The van der Waals surface area contributed by atoms with E-state index < -0.39 is 4.92 Å². The third kappa shape index (κ3) is 3.99. The highest BCUT2D eigenvalue weighted by Crippen LogP contribution is 2.65. The molecule has 0 aromatic carbocycles. The molecule has 2 heterocycles. The minimum Gasteiger partial charge on any atom is -0.358 e. The largest absolute Gasteiger partial charge is 0.404 e. The SMILES string of the molecule is CCn1cc(Cl)c(CN(C)C(=O)CC23CC4CC(C2)CC(n2cc(Br)c([N+](=O)[O-])n2)(C4)C3)n1. The molecule has 2 atom stereocenters. The summed E-state index contributed by atoms with van der Waals surface area (Å²) < 4.78 is 4.03. The van der Waals surface area contributed by atoms with Crippen LogP contribution in [0.4, 0.5) is 5.82 Å². The summed E-state index contributed by atoms with van der Waals surface area (Å²) in [6.45, 7) is 3.11. The van der Waals surface area contributed by atoms with Crippen molar-refractivity contribution in [2.45, 2.75) is 70.5 Å². The van der Waals surface area contributed by atoms with Crippen molar-refractivity contribution in [2.75, 3.05) is 7.05 Å². The van der Waals surface area contributed by atoms with Crippen molar-refractivity contribution in [1.82, 2.24) is 24.5 Å². The number of aromatic nitrogens is 4. The van der Waals surface area contributed by atoms with Crippen molar-refractivity contribution in [3.8, 4) is 0 Å². The molecule has 4 saturated carbocycles. The Morgan fingerprint density at radius 3 is 2.58 bits per heavy atom. The van der Waals surface area contributed by atoms with Crippen molar-refractivity contribution in [3.63, 3.8) is 0 Å². The number of halogens is 2. The highest BCUT2D eigenvalue weighted by atomic mass is 79.9. The molecule has 4 aliphatic rings. The number of amides is 1. The van der Waals surface area contributed by atoms with Gasteiger partial charge in [-0.15, -0.1) is 0 Å². The van der Waals surface area contributed by atoms with Gasteiger partial charge in [0.1, 0.15) is 10.2 Å². The molecule has 0 aliphatic heterocycles. The predicted octanol–water partition coefficient (Wildman–Crippen LogP) is 4.77. The van der Waals surface area contributed by atoms with Crippen molar-refractivity contribution in [3.05, 3.63) is 37.7 Å². The van der Waals surface area contributed by atoms with Gasteiger partial charge in [-0.05, 0) is 83.6 Å². The molecule has 0 spiro atoms. The Balaban J connectivity index is 1.36. The van der Waals surface area contributed by atoms with Gasteiger partial charge < -0.3 is 15.0 Å². The van der Waals surface area contributed by atoms with E-state index in [2.05, 4.69) is 26.1 Å². The molecule has 0 N–H and O–H groups in total. The van der Waals surface area contributed by atoms with Crippen molar-refractivity contribution < 1.29 is 9.72 Å². The van der Waals surface area contributed by atoms with Crippen LogP contribution in [0.1, 0.15) is 57.6 Å². The number of nitrogens with zero attached hydrogens (tertiary/aromatic N) is 6. The fourth-order valence-corrected chi connectivity index (χ4v) is 7.69. The topological polar surface area (TPSA) is 99.1 Å². The Kier molecular flexibility index (Phi) is 5.59. The number of carbonyl (C=O) groups is 1. The Morgan fingerprint density at radius 2 is 2.00 bits per heavy atom. The standard InChI is InChI=1S/C22H28BrClN6O3/c1-3-28-11-17(24)18(25-28)12-27(2)19(31)9-21-5-14-4-15(6-21)8-22(7-14,13-21)29-10-16(23)20(26-29)30(32)33/h10-11,14-15H,3-9,12-13H2,1-2H3. The lowest BCUT2D eigenvalue weighted by atomic mass is 9.46. The Bertz CT molecular complexity index is 1100. The fraction of sp³-hybridized carbons (Fsp3) is 0.682. The highest BCUT2D eigenvalue weighted by molar-refractivity contribution is 9.10. The summed E-state index contributed by atoms with van der Waals surface area (Å²) in [7, 11) is 1.81. The van der Waals surface area contributed by atoms with Gasteiger partial charge in [0.05, 0.1) is 28.4 Å². The molecule has 1 amide bonds. The third-order valence-electron chi connectivity index (χ3n) is 7.91. The first-order valence-electron chi connectivity index (χ1n) is 11.5. The second kappa shape index (κ2) is 8.08. The van der Waals surface area contributed by atoms with E-state index in [4.69, 9.17) is 11.6 Å². The Hall–Kier alpha value is -1.94. The van der Waals surface area contributed by atoms with Crippen LogP contribution in [0, 0.1) is 27.4 Å². The number of hydrogen-bond acceptors (Lipinski definition) is 5. The van der Waals surface area contributed by atoms with Crippen LogP contribution in [0.3, 0.4) is 0 Å². The first-order valence-corrected chi connectivity index (χ1v) is 12.6. The molecular formula is C22H28BrClN6O3. The summed E-state index contributed by atoms with van der Waals surface area (Å²) in [4.78, 5) is 26.0. The molecule has 2 unspecified atom stereocenters. The number of aryl methyl sites for hydroxylation is 1. The van der Waals surface area contributed by atoms with Crippen LogP contribution in [0.15, 0.2) is 16.9 Å². The van der Waals surface area contributed by atoms with E-state index in [-0.39, 0.29) is 22.7 Å². The Morgan fingerprint density at radius 1 is 1.30 bits per heavy atom. The molecule has 2 aromatic heterocycles. The quantitative estimate of drug-likeness (QED) is 0.373. The molecule has 4 bridgehead atoms. The summed E-state index contributed by atoms with van der Waals surface area (Å²) >= 11 is 9.62. The molecule has 11 heteroatoms. The first-order chi connectivity index (χ1) is 15.6. The number of hydrogen-bond donors (Lipinski definition) is 0. The third-order valence-corrected chi connectivity index (χ3v) is 8.79.